The Hall–Kier alpha value is -2.65. The lowest BCUT2D eigenvalue weighted by atomic mass is 10.2. The molecule has 1 N–H and O–H groups in total. The molecule has 132 valence electrons. The molecule has 25 heavy (non-hydrogen) atoms. The molecule has 2 aromatic rings. The van der Waals surface area contributed by atoms with Gasteiger partial charge in [-0.2, -0.15) is 0 Å². The Kier molecular flexibility index (Phi) is 4.86. The highest BCUT2D eigenvalue weighted by molar-refractivity contribution is 7.89. The Morgan fingerprint density at radius 1 is 1.28 bits per heavy atom. The average molecular weight is 365 g/mol. The summed E-state index contributed by atoms with van der Waals surface area (Å²) in [6.07, 6.45) is 0.770. The molecule has 2 heterocycles. The van der Waals surface area contributed by atoms with E-state index in [0.717, 1.165) is 0 Å². The van der Waals surface area contributed by atoms with Gasteiger partial charge in [0.1, 0.15) is 5.76 Å². The molecule has 3 rings (SSSR count). The summed E-state index contributed by atoms with van der Waals surface area (Å²) >= 11 is 0. The van der Waals surface area contributed by atoms with Crippen molar-refractivity contribution in [2.45, 2.75) is 24.0 Å². The standard InChI is InChI=1S/C16H15NO7S/c18-15(24-14-6-8-23-16(14)19)11-3-1-5-13(9-11)25(20,21)17-10-12-4-2-7-22-12/h1-5,7,9,14,17H,6,8,10H2. The summed E-state index contributed by atoms with van der Waals surface area (Å²) in [6, 6.07) is 8.66. The molecule has 1 saturated heterocycles. The van der Waals surface area contributed by atoms with Crippen LogP contribution in [-0.4, -0.2) is 33.1 Å². The molecule has 1 aliphatic heterocycles. The van der Waals surface area contributed by atoms with Gasteiger partial charge in [-0.3, -0.25) is 0 Å². The van der Waals surface area contributed by atoms with Crippen molar-refractivity contribution in [2.24, 2.45) is 0 Å². The number of sulfonamides is 1. The van der Waals surface area contributed by atoms with E-state index in [1.807, 2.05) is 0 Å². The summed E-state index contributed by atoms with van der Waals surface area (Å²) in [5.41, 5.74) is 0.0283. The third kappa shape index (κ3) is 4.06. The Morgan fingerprint density at radius 3 is 2.80 bits per heavy atom. The smallest absolute Gasteiger partial charge is 0.347 e. The van der Waals surface area contributed by atoms with Gasteiger partial charge in [-0.25, -0.2) is 22.7 Å². The van der Waals surface area contributed by atoms with E-state index >= 15 is 0 Å². The Balaban J connectivity index is 1.71. The van der Waals surface area contributed by atoms with Crippen molar-refractivity contribution in [3.05, 3.63) is 54.0 Å². The van der Waals surface area contributed by atoms with Gasteiger partial charge in [0.25, 0.3) is 0 Å². The van der Waals surface area contributed by atoms with Crippen LogP contribution in [0.3, 0.4) is 0 Å². The maximum Gasteiger partial charge on any atom is 0.347 e. The van der Waals surface area contributed by atoms with E-state index in [0.29, 0.717) is 5.76 Å². The molecule has 1 unspecified atom stereocenters. The van der Waals surface area contributed by atoms with Crippen LogP contribution < -0.4 is 4.72 Å². The second-order valence-corrected chi connectivity index (χ2v) is 7.05. The fourth-order valence-electron chi connectivity index (χ4n) is 2.23. The van der Waals surface area contributed by atoms with E-state index in [-0.39, 0.29) is 30.0 Å². The Bertz CT molecular complexity index is 874. The number of hydrogen-bond donors (Lipinski definition) is 1. The van der Waals surface area contributed by atoms with E-state index in [9.17, 15) is 18.0 Å². The molecular weight excluding hydrogens is 350 g/mol. The predicted octanol–water partition coefficient (Wildman–Crippen LogP) is 1.23. The maximum atomic E-state index is 12.3. The summed E-state index contributed by atoms with van der Waals surface area (Å²) in [6.45, 7) is 0.180. The molecule has 0 bridgehead atoms. The van der Waals surface area contributed by atoms with E-state index in [4.69, 9.17) is 13.9 Å². The molecule has 1 fully saturated rings. The van der Waals surface area contributed by atoms with Crippen LogP contribution in [0.5, 0.6) is 0 Å². The van der Waals surface area contributed by atoms with Crippen LogP contribution >= 0.6 is 0 Å². The number of furan rings is 1. The molecular formula is C16H15NO7S. The molecule has 0 radical (unpaired) electrons. The molecule has 1 aromatic carbocycles. The number of nitrogens with one attached hydrogen (secondary N) is 1. The van der Waals surface area contributed by atoms with Gasteiger partial charge in [-0.1, -0.05) is 6.07 Å². The third-order valence-electron chi connectivity index (χ3n) is 3.53. The van der Waals surface area contributed by atoms with Crippen LogP contribution in [0.4, 0.5) is 0 Å². The van der Waals surface area contributed by atoms with Gasteiger partial charge in [-0.15, -0.1) is 0 Å². The summed E-state index contributed by atoms with van der Waals surface area (Å²) in [5, 5.41) is 0. The van der Waals surface area contributed by atoms with Crippen molar-refractivity contribution in [2.75, 3.05) is 6.61 Å². The normalized spacial score (nSPS) is 17.3. The lowest BCUT2D eigenvalue weighted by Gasteiger charge is -2.10. The zero-order valence-electron chi connectivity index (χ0n) is 13.0. The highest BCUT2D eigenvalue weighted by Crippen LogP contribution is 2.16. The molecule has 9 heteroatoms. The van der Waals surface area contributed by atoms with Crippen LogP contribution in [0, 0.1) is 0 Å². The van der Waals surface area contributed by atoms with Gasteiger partial charge < -0.3 is 13.9 Å². The number of carbonyl (C=O) groups excluding carboxylic acids is 2. The number of cyclic esters (lactones) is 1. The second-order valence-electron chi connectivity index (χ2n) is 5.28. The number of esters is 2. The summed E-state index contributed by atoms with van der Waals surface area (Å²) in [5.74, 6) is -0.928. The SMILES string of the molecule is O=C(OC1CCOC1=O)c1cccc(S(=O)(=O)NCc2ccco2)c1. The van der Waals surface area contributed by atoms with Crippen molar-refractivity contribution >= 4 is 22.0 Å². The summed E-state index contributed by atoms with van der Waals surface area (Å²) in [7, 11) is -3.84. The zero-order chi connectivity index (χ0) is 17.9. The van der Waals surface area contributed by atoms with Gasteiger partial charge in [-0.05, 0) is 30.3 Å². The fraction of sp³-hybridized carbons (Fsp3) is 0.250. The Morgan fingerprint density at radius 2 is 2.12 bits per heavy atom. The van der Waals surface area contributed by atoms with Crippen molar-refractivity contribution in [1.29, 1.82) is 0 Å². The van der Waals surface area contributed by atoms with E-state index in [1.54, 1.807) is 12.1 Å². The highest BCUT2D eigenvalue weighted by atomic mass is 32.2. The van der Waals surface area contributed by atoms with Gasteiger partial charge in [0, 0.05) is 6.42 Å². The van der Waals surface area contributed by atoms with Crippen molar-refractivity contribution in [3.8, 4) is 0 Å². The minimum atomic E-state index is -3.84. The van der Waals surface area contributed by atoms with Gasteiger partial charge >= 0.3 is 11.9 Å². The summed E-state index contributed by atoms with van der Waals surface area (Å²) < 4.78 is 41.9. The largest absolute Gasteiger partial charge is 0.468 e. The first-order valence-corrected chi connectivity index (χ1v) is 8.94. The highest BCUT2D eigenvalue weighted by Gasteiger charge is 2.30. The molecule has 0 amide bonds. The Labute approximate surface area is 143 Å². The predicted molar refractivity (Wildman–Crippen MR) is 84.0 cm³/mol. The topological polar surface area (TPSA) is 112 Å². The molecule has 1 aromatic heterocycles. The van der Waals surface area contributed by atoms with Crippen LogP contribution in [0.25, 0.3) is 0 Å². The maximum absolute atomic E-state index is 12.3. The molecule has 1 aliphatic rings. The van der Waals surface area contributed by atoms with Gasteiger partial charge in [0.05, 0.1) is 29.9 Å². The van der Waals surface area contributed by atoms with E-state index < -0.39 is 28.1 Å². The van der Waals surface area contributed by atoms with Crippen LogP contribution in [0.15, 0.2) is 52.0 Å². The third-order valence-corrected chi connectivity index (χ3v) is 4.93. The first kappa shape index (κ1) is 17.2. The number of hydrogen-bond acceptors (Lipinski definition) is 7. The van der Waals surface area contributed by atoms with Crippen LogP contribution in [0.2, 0.25) is 0 Å². The lowest BCUT2D eigenvalue weighted by molar-refractivity contribution is -0.145. The van der Waals surface area contributed by atoms with Crippen molar-refractivity contribution in [1.82, 2.24) is 4.72 Å². The fourth-order valence-corrected chi connectivity index (χ4v) is 3.27. The lowest BCUT2D eigenvalue weighted by Crippen LogP contribution is -2.24. The number of ether oxygens (including phenoxy) is 2. The minimum absolute atomic E-state index is 0.0160. The number of rotatable bonds is 6. The number of benzene rings is 1. The molecule has 0 aliphatic carbocycles. The molecule has 0 saturated carbocycles. The first-order valence-electron chi connectivity index (χ1n) is 7.45. The average Bonchev–Trinajstić information content (AvgIpc) is 3.25. The van der Waals surface area contributed by atoms with E-state index in [1.165, 1.54) is 30.5 Å². The zero-order valence-corrected chi connectivity index (χ0v) is 13.8. The van der Waals surface area contributed by atoms with Gasteiger partial charge in [0.15, 0.2) is 0 Å². The second kappa shape index (κ2) is 7.08. The van der Waals surface area contributed by atoms with Crippen LogP contribution in [-0.2, 0) is 30.8 Å². The van der Waals surface area contributed by atoms with Crippen molar-refractivity contribution < 1.29 is 31.9 Å². The first-order chi connectivity index (χ1) is 12.0. The quantitative estimate of drug-likeness (QED) is 0.766. The monoisotopic (exact) mass is 365 g/mol. The van der Waals surface area contributed by atoms with Crippen LogP contribution in [0.1, 0.15) is 22.5 Å². The van der Waals surface area contributed by atoms with E-state index in [2.05, 4.69) is 4.72 Å². The minimum Gasteiger partial charge on any atom is -0.468 e. The van der Waals surface area contributed by atoms with Gasteiger partial charge in [0.2, 0.25) is 16.1 Å². The van der Waals surface area contributed by atoms with Crippen molar-refractivity contribution in [3.63, 3.8) is 0 Å². The molecule has 0 spiro atoms. The summed E-state index contributed by atoms with van der Waals surface area (Å²) in [4.78, 5) is 23.4. The molecule has 1 atom stereocenters. The molecule has 8 nitrogen and oxygen atoms in total. The number of carbonyl (C=O) groups is 2.